The summed E-state index contributed by atoms with van der Waals surface area (Å²) in [4.78, 5) is 12.1. The van der Waals surface area contributed by atoms with Gasteiger partial charge in [0.1, 0.15) is 0 Å². The maximum absolute atomic E-state index is 12.1. The van der Waals surface area contributed by atoms with E-state index in [0.29, 0.717) is 10.9 Å². The highest BCUT2D eigenvalue weighted by Gasteiger charge is 2.11. The quantitative estimate of drug-likeness (QED) is 0.655. The number of hydrogen-bond acceptors (Lipinski definition) is 2. The van der Waals surface area contributed by atoms with E-state index in [0.717, 1.165) is 21.3 Å². The van der Waals surface area contributed by atoms with E-state index in [1.807, 2.05) is 30.3 Å². The van der Waals surface area contributed by atoms with Gasteiger partial charge in [-0.3, -0.25) is 4.79 Å². The summed E-state index contributed by atoms with van der Waals surface area (Å²) in [7, 11) is 0. The molecule has 2 aromatic rings. The molecule has 0 spiro atoms. The lowest BCUT2D eigenvalue weighted by Crippen LogP contribution is -2.35. The second-order valence-electron chi connectivity index (χ2n) is 5.69. The molecule has 0 aliphatic rings. The van der Waals surface area contributed by atoms with E-state index >= 15 is 0 Å². The lowest BCUT2D eigenvalue weighted by Gasteiger charge is -2.16. The molecule has 0 unspecified atom stereocenters. The number of carbonyl (C=O) groups is 1. The Morgan fingerprint density at radius 1 is 1.21 bits per heavy atom. The van der Waals surface area contributed by atoms with Crippen molar-refractivity contribution >= 4 is 56.5 Å². The Labute approximate surface area is 160 Å². The minimum Gasteiger partial charge on any atom is -0.332 e. The molecule has 0 saturated carbocycles. The van der Waals surface area contributed by atoms with Crippen LogP contribution in [-0.4, -0.2) is 11.0 Å². The van der Waals surface area contributed by atoms with Gasteiger partial charge in [0.05, 0.1) is 6.42 Å². The van der Waals surface area contributed by atoms with Crippen molar-refractivity contribution in [1.82, 2.24) is 5.32 Å². The van der Waals surface area contributed by atoms with Crippen molar-refractivity contribution in [3.63, 3.8) is 0 Å². The molecule has 6 heteroatoms. The van der Waals surface area contributed by atoms with Gasteiger partial charge in [-0.15, -0.1) is 0 Å². The normalized spacial score (nSPS) is 10.5. The monoisotopic (exact) mass is 424 g/mol. The summed E-state index contributed by atoms with van der Waals surface area (Å²) in [6.07, 6.45) is 0.246. The Morgan fingerprint density at radius 3 is 2.50 bits per heavy atom. The standard InChI is InChI=1S/C18H18BrClN2OS/c1-11(2)15-10-13(19)5-8-16(15)21-18(24)22-17(23)9-12-3-6-14(20)7-4-12/h3-8,10-11H,9H2,1-2H3,(H2,21,22,23,24). The fourth-order valence-corrected chi connectivity index (χ4v) is 2.97. The maximum atomic E-state index is 12.1. The first-order chi connectivity index (χ1) is 11.3. The van der Waals surface area contributed by atoms with Crippen LogP contribution in [0.5, 0.6) is 0 Å². The molecule has 0 radical (unpaired) electrons. The lowest BCUT2D eigenvalue weighted by atomic mass is 10.0. The Morgan fingerprint density at radius 2 is 1.88 bits per heavy atom. The molecule has 0 bridgehead atoms. The fraction of sp³-hybridized carbons (Fsp3) is 0.222. The van der Waals surface area contributed by atoms with Crippen LogP contribution in [-0.2, 0) is 11.2 Å². The summed E-state index contributed by atoms with van der Waals surface area (Å²) in [6, 6.07) is 13.1. The van der Waals surface area contributed by atoms with Crippen molar-refractivity contribution in [2.75, 3.05) is 5.32 Å². The van der Waals surface area contributed by atoms with Gasteiger partial charge in [0, 0.05) is 15.2 Å². The zero-order valence-corrected chi connectivity index (χ0v) is 16.6. The Hall–Kier alpha value is -1.43. The van der Waals surface area contributed by atoms with E-state index in [-0.39, 0.29) is 17.4 Å². The van der Waals surface area contributed by atoms with Crippen LogP contribution in [0.3, 0.4) is 0 Å². The molecule has 2 aromatic carbocycles. The molecule has 2 rings (SSSR count). The zero-order chi connectivity index (χ0) is 17.7. The molecule has 126 valence electrons. The average Bonchev–Trinajstić information content (AvgIpc) is 2.51. The average molecular weight is 426 g/mol. The third-order valence-electron chi connectivity index (χ3n) is 3.41. The van der Waals surface area contributed by atoms with Crippen molar-refractivity contribution in [3.8, 4) is 0 Å². The molecule has 0 aromatic heterocycles. The van der Waals surface area contributed by atoms with Crippen molar-refractivity contribution in [2.45, 2.75) is 26.2 Å². The number of rotatable bonds is 4. The predicted octanol–water partition coefficient (Wildman–Crippen LogP) is 5.28. The van der Waals surface area contributed by atoms with Crippen LogP contribution >= 0.6 is 39.7 Å². The molecule has 0 aliphatic heterocycles. The van der Waals surface area contributed by atoms with Gasteiger partial charge in [0.25, 0.3) is 0 Å². The molecule has 1 amide bonds. The number of amides is 1. The predicted molar refractivity (Wildman–Crippen MR) is 108 cm³/mol. The number of carbonyl (C=O) groups excluding carboxylic acids is 1. The Balaban J connectivity index is 1.98. The summed E-state index contributed by atoms with van der Waals surface area (Å²) < 4.78 is 1.01. The van der Waals surface area contributed by atoms with E-state index in [9.17, 15) is 4.79 Å². The summed E-state index contributed by atoms with van der Waals surface area (Å²) in [5, 5.41) is 6.75. The highest BCUT2D eigenvalue weighted by Crippen LogP contribution is 2.27. The molecular weight excluding hydrogens is 408 g/mol. The van der Waals surface area contributed by atoms with E-state index < -0.39 is 0 Å². The second-order valence-corrected chi connectivity index (χ2v) is 7.45. The molecular formula is C18H18BrClN2OS. The number of anilines is 1. The van der Waals surface area contributed by atoms with Crippen molar-refractivity contribution in [1.29, 1.82) is 0 Å². The van der Waals surface area contributed by atoms with Crippen LogP contribution < -0.4 is 10.6 Å². The first kappa shape index (κ1) is 18.9. The number of benzene rings is 2. The van der Waals surface area contributed by atoms with E-state index in [4.69, 9.17) is 23.8 Å². The van der Waals surface area contributed by atoms with Gasteiger partial charge < -0.3 is 10.6 Å². The van der Waals surface area contributed by atoms with Crippen LogP contribution in [0.25, 0.3) is 0 Å². The molecule has 24 heavy (non-hydrogen) atoms. The minimum absolute atomic E-state index is 0.168. The van der Waals surface area contributed by atoms with E-state index in [1.165, 1.54) is 0 Å². The number of hydrogen-bond donors (Lipinski definition) is 2. The molecule has 3 nitrogen and oxygen atoms in total. The summed E-state index contributed by atoms with van der Waals surface area (Å²) in [5.41, 5.74) is 2.90. The molecule has 0 fully saturated rings. The largest absolute Gasteiger partial charge is 0.332 e. The molecule has 2 N–H and O–H groups in total. The van der Waals surface area contributed by atoms with Gasteiger partial charge in [0.15, 0.2) is 5.11 Å². The van der Waals surface area contributed by atoms with Gasteiger partial charge >= 0.3 is 0 Å². The molecule has 0 heterocycles. The first-order valence-corrected chi connectivity index (χ1v) is 9.08. The second kappa shape index (κ2) is 8.60. The fourth-order valence-electron chi connectivity index (χ4n) is 2.24. The highest BCUT2D eigenvalue weighted by molar-refractivity contribution is 9.10. The van der Waals surface area contributed by atoms with Gasteiger partial charge in [-0.25, -0.2) is 0 Å². The van der Waals surface area contributed by atoms with Crippen LogP contribution in [0, 0.1) is 0 Å². The molecule has 0 atom stereocenters. The summed E-state index contributed by atoms with van der Waals surface area (Å²) >= 11 is 14.6. The summed E-state index contributed by atoms with van der Waals surface area (Å²) in [5.74, 6) is 0.163. The number of thiocarbonyl (C=S) groups is 1. The van der Waals surface area contributed by atoms with Gasteiger partial charge in [-0.05, 0) is 59.6 Å². The topological polar surface area (TPSA) is 41.1 Å². The third kappa shape index (κ3) is 5.58. The van der Waals surface area contributed by atoms with E-state index in [1.54, 1.807) is 12.1 Å². The highest BCUT2D eigenvalue weighted by atomic mass is 79.9. The van der Waals surface area contributed by atoms with E-state index in [2.05, 4.69) is 40.4 Å². The van der Waals surface area contributed by atoms with Crippen LogP contribution in [0.15, 0.2) is 46.9 Å². The van der Waals surface area contributed by atoms with Crippen LogP contribution in [0.2, 0.25) is 5.02 Å². The van der Waals surface area contributed by atoms with Gasteiger partial charge in [-0.2, -0.15) is 0 Å². The van der Waals surface area contributed by atoms with Crippen LogP contribution in [0.4, 0.5) is 5.69 Å². The van der Waals surface area contributed by atoms with Crippen LogP contribution in [0.1, 0.15) is 30.9 Å². The zero-order valence-electron chi connectivity index (χ0n) is 13.4. The van der Waals surface area contributed by atoms with Crippen molar-refractivity contribution < 1.29 is 4.79 Å². The number of halogens is 2. The maximum Gasteiger partial charge on any atom is 0.230 e. The molecule has 0 saturated heterocycles. The Kier molecular flexibility index (Phi) is 6.78. The van der Waals surface area contributed by atoms with Gasteiger partial charge in [0.2, 0.25) is 5.91 Å². The first-order valence-electron chi connectivity index (χ1n) is 7.50. The SMILES string of the molecule is CC(C)c1cc(Br)ccc1NC(=S)NC(=O)Cc1ccc(Cl)cc1. The number of nitrogens with one attached hydrogen (secondary N) is 2. The van der Waals surface area contributed by atoms with Crippen molar-refractivity contribution in [2.24, 2.45) is 0 Å². The lowest BCUT2D eigenvalue weighted by molar-refractivity contribution is -0.119. The summed E-state index contributed by atoms with van der Waals surface area (Å²) in [6.45, 7) is 4.21. The smallest absolute Gasteiger partial charge is 0.230 e. The molecule has 0 aliphatic carbocycles. The minimum atomic E-state index is -0.168. The van der Waals surface area contributed by atoms with Gasteiger partial charge in [-0.1, -0.05) is 53.5 Å². The van der Waals surface area contributed by atoms with Crippen molar-refractivity contribution in [3.05, 3.63) is 63.1 Å². The third-order valence-corrected chi connectivity index (χ3v) is 4.36. The Bertz CT molecular complexity index is 747.